The molecule has 1 aromatic rings. The number of ether oxygens (including phenoxy) is 1. The number of methoxy groups -OCH3 is 1. The summed E-state index contributed by atoms with van der Waals surface area (Å²) in [6, 6.07) is 6.93. The van der Waals surface area contributed by atoms with Crippen LogP contribution in [0.5, 0.6) is 5.75 Å². The fourth-order valence-corrected chi connectivity index (χ4v) is 1.06. The largest absolute Gasteiger partial charge is 0.497 e. The van der Waals surface area contributed by atoms with Gasteiger partial charge in [0.1, 0.15) is 5.75 Å². The molecule has 0 saturated carbocycles. The zero-order chi connectivity index (χ0) is 10.4. The molecule has 0 aliphatic heterocycles. The van der Waals surface area contributed by atoms with Crippen molar-refractivity contribution >= 4 is 12.4 Å². The van der Waals surface area contributed by atoms with E-state index in [1.807, 2.05) is 6.07 Å². The molecule has 1 aromatic carbocycles. The van der Waals surface area contributed by atoms with E-state index in [1.54, 1.807) is 31.4 Å². The maximum absolute atomic E-state index is 10.6. The molecule has 3 heteroatoms. The maximum Gasteiger partial charge on any atom is 0.150 e. The van der Waals surface area contributed by atoms with Crippen molar-refractivity contribution in [1.82, 2.24) is 0 Å². The van der Waals surface area contributed by atoms with Gasteiger partial charge in [-0.3, -0.25) is 4.79 Å². The van der Waals surface area contributed by atoms with Crippen LogP contribution in [0.25, 0.3) is 6.08 Å². The van der Waals surface area contributed by atoms with E-state index in [9.17, 15) is 4.79 Å². The van der Waals surface area contributed by atoms with Gasteiger partial charge in [0.05, 0.1) is 13.2 Å². The molecule has 0 heterocycles. The SMILES string of the molecule is COc1ccc(C=O)c(C=CC#N)c1. The van der Waals surface area contributed by atoms with Crippen LogP contribution in [0.15, 0.2) is 24.3 Å². The van der Waals surface area contributed by atoms with Crippen LogP contribution in [0.4, 0.5) is 0 Å². The van der Waals surface area contributed by atoms with E-state index in [-0.39, 0.29) is 0 Å². The van der Waals surface area contributed by atoms with Gasteiger partial charge in [-0.05, 0) is 29.8 Å². The summed E-state index contributed by atoms with van der Waals surface area (Å²) >= 11 is 0. The first-order chi connectivity index (χ1) is 6.81. The third-order valence-electron chi connectivity index (χ3n) is 1.76. The molecule has 3 nitrogen and oxygen atoms in total. The summed E-state index contributed by atoms with van der Waals surface area (Å²) in [5, 5.41) is 8.36. The highest BCUT2D eigenvalue weighted by molar-refractivity contribution is 5.82. The van der Waals surface area contributed by atoms with Gasteiger partial charge >= 0.3 is 0 Å². The van der Waals surface area contributed by atoms with Crippen LogP contribution >= 0.6 is 0 Å². The summed E-state index contributed by atoms with van der Waals surface area (Å²) in [5.41, 5.74) is 1.22. The van der Waals surface area contributed by atoms with E-state index < -0.39 is 0 Å². The molecule has 14 heavy (non-hydrogen) atoms. The van der Waals surface area contributed by atoms with Gasteiger partial charge in [0.2, 0.25) is 0 Å². The first-order valence-electron chi connectivity index (χ1n) is 4.01. The number of rotatable bonds is 3. The molecule has 0 radical (unpaired) electrons. The van der Waals surface area contributed by atoms with E-state index in [4.69, 9.17) is 10.00 Å². The molecule has 70 valence electrons. The average Bonchev–Trinajstić information content (AvgIpc) is 2.25. The van der Waals surface area contributed by atoms with Crippen LogP contribution in [0.2, 0.25) is 0 Å². The minimum absolute atomic E-state index is 0.539. The van der Waals surface area contributed by atoms with Gasteiger partial charge in [-0.15, -0.1) is 0 Å². The molecule has 0 spiro atoms. The number of nitrogens with zero attached hydrogens (tertiary/aromatic N) is 1. The first kappa shape index (κ1) is 10.0. The Kier molecular flexibility index (Phi) is 3.45. The van der Waals surface area contributed by atoms with Crippen LogP contribution in [0.1, 0.15) is 15.9 Å². The lowest BCUT2D eigenvalue weighted by atomic mass is 10.1. The fraction of sp³-hybridized carbons (Fsp3) is 0.0909. The topological polar surface area (TPSA) is 50.1 Å². The molecule has 0 aromatic heterocycles. The summed E-state index contributed by atoms with van der Waals surface area (Å²) in [4.78, 5) is 10.6. The first-order valence-corrected chi connectivity index (χ1v) is 4.01. The van der Waals surface area contributed by atoms with Crippen molar-refractivity contribution in [2.24, 2.45) is 0 Å². The Morgan fingerprint density at radius 2 is 2.21 bits per heavy atom. The molecule has 0 bridgehead atoms. The van der Waals surface area contributed by atoms with Crippen LogP contribution < -0.4 is 4.74 Å². The molecule has 0 N–H and O–H groups in total. The monoisotopic (exact) mass is 187 g/mol. The zero-order valence-electron chi connectivity index (χ0n) is 7.73. The highest BCUT2D eigenvalue weighted by Crippen LogP contribution is 2.17. The van der Waals surface area contributed by atoms with Crippen molar-refractivity contribution in [1.29, 1.82) is 5.26 Å². The Hall–Kier alpha value is -2.08. The lowest BCUT2D eigenvalue weighted by Gasteiger charge is -2.02. The van der Waals surface area contributed by atoms with Crippen molar-refractivity contribution in [3.63, 3.8) is 0 Å². The fourth-order valence-electron chi connectivity index (χ4n) is 1.06. The molecular formula is C11H9NO2. The van der Waals surface area contributed by atoms with Gasteiger partial charge < -0.3 is 4.74 Å². The molecule has 0 aliphatic rings. The summed E-state index contributed by atoms with van der Waals surface area (Å²) in [6.07, 6.45) is 3.64. The Labute approximate surface area is 82.2 Å². The third kappa shape index (κ3) is 2.20. The molecular weight excluding hydrogens is 178 g/mol. The third-order valence-corrected chi connectivity index (χ3v) is 1.76. The number of carbonyl (C=O) groups excluding carboxylic acids is 1. The lowest BCUT2D eigenvalue weighted by Crippen LogP contribution is -1.89. The van der Waals surface area contributed by atoms with Gasteiger partial charge in [-0.1, -0.05) is 0 Å². The molecule has 0 fully saturated rings. The number of nitriles is 1. The highest BCUT2D eigenvalue weighted by atomic mass is 16.5. The normalized spacial score (nSPS) is 9.71. The van der Waals surface area contributed by atoms with Gasteiger partial charge in [0.15, 0.2) is 6.29 Å². The molecule has 0 amide bonds. The van der Waals surface area contributed by atoms with Crippen molar-refractivity contribution in [2.75, 3.05) is 7.11 Å². The van der Waals surface area contributed by atoms with Gasteiger partial charge in [0.25, 0.3) is 0 Å². The second-order valence-corrected chi connectivity index (χ2v) is 2.58. The predicted octanol–water partition coefficient (Wildman–Crippen LogP) is 2.04. The van der Waals surface area contributed by atoms with E-state index in [0.29, 0.717) is 16.9 Å². The molecule has 0 atom stereocenters. The van der Waals surface area contributed by atoms with Crippen molar-refractivity contribution in [3.8, 4) is 11.8 Å². The number of aldehydes is 1. The Morgan fingerprint density at radius 1 is 1.43 bits per heavy atom. The second-order valence-electron chi connectivity index (χ2n) is 2.58. The maximum atomic E-state index is 10.6. The Morgan fingerprint density at radius 3 is 2.79 bits per heavy atom. The van der Waals surface area contributed by atoms with Crippen molar-refractivity contribution < 1.29 is 9.53 Å². The zero-order valence-corrected chi connectivity index (χ0v) is 7.73. The van der Waals surface area contributed by atoms with Gasteiger partial charge in [-0.2, -0.15) is 5.26 Å². The van der Waals surface area contributed by atoms with E-state index >= 15 is 0 Å². The van der Waals surface area contributed by atoms with Crippen molar-refractivity contribution in [2.45, 2.75) is 0 Å². The van der Waals surface area contributed by atoms with Crippen LogP contribution in [-0.4, -0.2) is 13.4 Å². The number of allylic oxidation sites excluding steroid dienone is 1. The van der Waals surface area contributed by atoms with Crippen LogP contribution in [0.3, 0.4) is 0 Å². The summed E-state index contributed by atoms with van der Waals surface area (Å²) in [5.74, 6) is 0.660. The molecule has 0 aliphatic carbocycles. The van der Waals surface area contributed by atoms with E-state index in [0.717, 1.165) is 6.29 Å². The van der Waals surface area contributed by atoms with E-state index in [2.05, 4.69) is 0 Å². The van der Waals surface area contributed by atoms with Gasteiger partial charge in [0, 0.05) is 11.6 Å². The number of carbonyl (C=O) groups is 1. The van der Waals surface area contributed by atoms with Crippen molar-refractivity contribution in [3.05, 3.63) is 35.4 Å². The van der Waals surface area contributed by atoms with E-state index in [1.165, 1.54) is 6.08 Å². The lowest BCUT2D eigenvalue weighted by molar-refractivity contribution is 0.112. The second kappa shape index (κ2) is 4.83. The Bertz CT molecular complexity index is 402. The number of benzene rings is 1. The summed E-state index contributed by atoms with van der Waals surface area (Å²) < 4.78 is 5.00. The minimum Gasteiger partial charge on any atom is -0.497 e. The molecule has 0 saturated heterocycles. The quantitative estimate of drug-likeness (QED) is 0.537. The van der Waals surface area contributed by atoms with Gasteiger partial charge in [-0.25, -0.2) is 0 Å². The Balaban J connectivity index is 3.16. The number of hydrogen-bond acceptors (Lipinski definition) is 3. The van der Waals surface area contributed by atoms with Crippen LogP contribution in [-0.2, 0) is 0 Å². The molecule has 1 rings (SSSR count). The minimum atomic E-state index is 0.539. The predicted molar refractivity (Wildman–Crippen MR) is 53.0 cm³/mol. The highest BCUT2D eigenvalue weighted by Gasteiger charge is 1.99. The van der Waals surface area contributed by atoms with Crippen LogP contribution in [0, 0.1) is 11.3 Å². The summed E-state index contributed by atoms with van der Waals surface area (Å²) in [7, 11) is 1.55. The average molecular weight is 187 g/mol. The summed E-state index contributed by atoms with van der Waals surface area (Å²) in [6.45, 7) is 0. The smallest absolute Gasteiger partial charge is 0.150 e. The standard InChI is InChI=1S/C11H9NO2/c1-14-11-5-4-10(8-13)9(7-11)3-2-6-12/h2-5,7-8H,1H3. The number of hydrogen-bond donors (Lipinski definition) is 0. The molecule has 0 unspecified atom stereocenters.